The van der Waals surface area contributed by atoms with Crippen LogP contribution in [0, 0.1) is 0 Å². The van der Waals surface area contributed by atoms with Gasteiger partial charge in [-0.05, 0) is 30.4 Å². The summed E-state index contributed by atoms with van der Waals surface area (Å²) in [5.41, 5.74) is 5.44. The average Bonchev–Trinajstić information content (AvgIpc) is 2.90. The molecule has 1 aromatic carbocycles. The van der Waals surface area contributed by atoms with Gasteiger partial charge in [0.25, 0.3) is 0 Å². The smallest absolute Gasteiger partial charge is 0.0721 e. The van der Waals surface area contributed by atoms with Crippen LogP contribution in [0.5, 0.6) is 0 Å². The molecule has 0 saturated carbocycles. The molecule has 0 bridgehead atoms. The van der Waals surface area contributed by atoms with E-state index in [1.165, 1.54) is 35.2 Å². The highest BCUT2D eigenvalue weighted by Gasteiger charge is 2.28. The van der Waals surface area contributed by atoms with Crippen molar-refractivity contribution in [3.8, 4) is 0 Å². The van der Waals surface area contributed by atoms with E-state index in [2.05, 4.69) is 34.7 Å². The summed E-state index contributed by atoms with van der Waals surface area (Å²) >= 11 is 0. The Morgan fingerprint density at radius 2 is 2.14 bits per heavy atom. The highest BCUT2D eigenvalue weighted by molar-refractivity contribution is 5.32. The van der Waals surface area contributed by atoms with Crippen LogP contribution in [0.15, 0.2) is 30.5 Å². The zero-order valence-corrected chi connectivity index (χ0v) is 12.4. The van der Waals surface area contributed by atoms with Gasteiger partial charge in [0.1, 0.15) is 0 Å². The Labute approximate surface area is 125 Å². The van der Waals surface area contributed by atoms with Crippen LogP contribution >= 0.6 is 0 Å². The Balaban J connectivity index is 1.61. The van der Waals surface area contributed by atoms with Crippen molar-refractivity contribution in [2.75, 3.05) is 6.61 Å². The Bertz CT molecular complexity index is 649. The van der Waals surface area contributed by atoms with E-state index >= 15 is 0 Å². The molecule has 0 radical (unpaired) electrons. The van der Waals surface area contributed by atoms with E-state index in [-0.39, 0.29) is 6.04 Å². The molecule has 1 aliphatic carbocycles. The number of hydrogen-bond acceptors (Lipinski definition) is 3. The van der Waals surface area contributed by atoms with Crippen LogP contribution in [0.4, 0.5) is 0 Å². The quantitative estimate of drug-likeness (QED) is 0.921. The second kappa shape index (κ2) is 5.28. The van der Waals surface area contributed by atoms with E-state index in [0.29, 0.717) is 6.04 Å². The minimum Gasteiger partial charge on any atom is -0.375 e. The second-order valence-electron chi connectivity index (χ2n) is 6.05. The fourth-order valence-electron chi connectivity index (χ4n) is 3.64. The minimum atomic E-state index is 0.283. The van der Waals surface area contributed by atoms with E-state index in [0.717, 1.165) is 19.6 Å². The van der Waals surface area contributed by atoms with E-state index in [9.17, 15) is 0 Å². The number of hydrogen-bond donors (Lipinski definition) is 1. The lowest BCUT2D eigenvalue weighted by molar-refractivity contribution is 0.0775. The van der Waals surface area contributed by atoms with E-state index in [4.69, 9.17) is 4.74 Å². The molecule has 110 valence electrons. The van der Waals surface area contributed by atoms with Gasteiger partial charge in [0.15, 0.2) is 0 Å². The van der Waals surface area contributed by atoms with Gasteiger partial charge < -0.3 is 10.1 Å². The third kappa shape index (κ3) is 2.28. The SMILES string of the molecule is Cn1ncc2c1CCCC2NC1COCc2ccccc21. The number of nitrogens with zero attached hydrogens (tertiary/aromatic N) is 2. The maximum Gasteiger partial charge on any atom is 0.0721 e. The molecule has 0 spiro atoms. The van der Waals surface area contributed by atoms with Gasteiger partial charge >= 0.3 is 0 Å². The number of fused-ring (bicyclic) bond motifs is 2. The summed E-state index contributed by atoms with van der Waals surface area (Å²) in [4.78, 5) is 0. The van der Waals surface area contributed by atoms with Gasteiger partial charge in [0.05, 0.1) is 25.5 Å². The van der Waals surface area contributed by atoms with Crippen LogP contribution in [0.1, 0.15) is 47.3 Å². The molecule has 2 unspecified atom stereocenters. The summed E-state index contributed by atoms with van der Waals surface area (Å²) in [7, 11) is 2.04. The van der Waals surface area contributed by atoms with Crippen LogP contribution in [0.3, 0.4) is 0 Å². The first-order valence-corrected chi connectivity index (χ1v) is 7.75. The van der Waals surface area contributed by atoms with Crippen LogP contribution in [-0.2, 0) is 24.8 Å². The first kappa shape index (κ1) is 13.0. The maximum atomic E-state index is 5.76. The van der Waals surface area contributed by atoms with Crippen LogP contribution in [-0.4, -0.2) is 16.4 Å². The number of ether oxygens (including phenoxy) is 1. The summed E-state index contributed by atoms with van der Waals surface area (Å²) in [5, 5.41) is 8.24. The topological polar surface area (TPSA) is 39.1 Å². The van der Waals surface area contributed by atoms with Crippen molar-refractivity contribution < 1.29 is 4.74 Å². The van der Waals surface area contributed by atoms with Crippen molar-refractivity contribution in [1.82, 2.24) is 15.1 Å². The molecular weight excluding hydrogens is 262 g/mol. The van der Waals surface area contributed by atoms with Gasteiger partial charge in [-0.25, -0.2) is 0 Å². The molecule has 4 nitrogen and oxygen atoms in total. The Morgan fingerprint density at radius 1 is 1.24 bits per heavy atom. The van der Waals surface area contributed by atoms with Gasteiger partial charge in [0.2, 0.25) is 0 Å². The van der Waals surface area contributed by atoms with Gasteiger partial charge in [-0.2, -0.15) is 5.10 Å². The molecule has 1 N–H and O–H groups in total. The van der Waals surface area contributed by atoms with Crippen molar-refractivity contribution in [1.29, 1.82) is 0 Å². The molecule has 1 aromatic heterocycles. The van der Waals surface area contributed by atoms with Crippen molar-refractivity contribution in [2.24, 2.45) is 7.05 Å². The Kier molecular flexibility index (Phi) is 3.28. The van der Waals surface area contributed by atoms with Crippen LogP contribution in [0.25, 0.3) is 0 Å². The average molecular weight is 283 g/mol. The first-order chi connectivity index (χ1) is 10.3. The van der Waals surface area contributed by atoms with Gasteiger partial charge in [0, 0.05) is 24.3 Å². The summed E-state index contributed by atoms with van der Waals surface area (Å²) < 4.78 is 7.78. The zero-order valence-electron chi connectivity index (χ0n) is 12.4. The van der Waals surface area contributed by atoms with E-state index < -0.39 is 0 Å². The molecule has 1 aliphatic heterocycles. The molecule has 4 heteroatoms. The lowest BCUT2D eigenvalue weighted by Crippen LogP contribution is -2.34. The van der Waals surface area contributed by atoms with E-state index in [1.807, 2.05) is 17.9 Å². The number of benzene rings is 1. The standard InChI is InChI=1S/C17H21N3O/c1-20-17-8-4-7-15(14(17)9-18-20)19-16-11-21-10-12-5-2-3-6-13(12)16/h2-3,5-6,9,15-16,19H,4,7-8,10-11H2,1H3. The minimum absolute atomic E-state index is 0.283. The van der Waals surface area contributed by atoms with Crippen LogP contribution in [0.2, 0.25) is 0 Å². The molecule has 2 aromatic rings. The van der Waals surface area contributed by atoms with Crippen molar-refractivity contribution in [3.63, 3.8) is 0 Å². The highest BCUT2D eigenvalue weighted by atomic mass is 16.5. The Hall–Kier alpha value is -1.65. The molecule has 2 atom stereocenters. The van der Waals surface area contributed by atoms with E-state index in [1.54, 1.807) is 0 Å². The lowest BCUT2D eigenvalue weighted by atomic mass is 9.91. The molecule has 0 fully saturated rings. The third-order valence-electron chi connectivity index (χ3n) is 4.75. The number of aromatic nitrogens is 2. The lowest BCUT2D eigenvalue weighted by Gasteiger charge is -2.32. The number of nitrogens with one attached hydrogen (secondary N) is 1. The normalized spacial score (nSPS) is 24.4. The molecule has 0 amide bonds. The predicted molar refractivity (Wildman–Crippen MR) is 80.9 cm³/mol. The summed E-state index contributed by atoms with van der Waals surface area (Å²) in [6.07, 6.45) is 5.57. The van der Waals surface area contributed by atoms with Crippen molar-refractivity contribution in [3.05, 3.63) is 52.8 Å². The monoisotopic (exact) mass is 283 g/mol. The zero-order chi connectivity index (χ0) is 14.2. The fourth-order valence-corrected chi connectivity index (χ4v) is 3.64. The fraction of sp³-hybridized carbons (Fsp3) is 0.471. The van der Waals surface area contributed by atoms with Crippen molar-refractivity contribution >= 4 is 0 Å². The number of rotatable bonds is 2. The molecule has 4 rings (SSSR count). The molecule has 0 saturated heterocycles. The van der Waals surface area contributed by atoms with Crippen molar-refractivity contribution in [2.45, 2.75) is 38.0 Å². The first-order valence-electron chi connectivity index (χ1n) is 7.75. The maximum absolute atomic E-state index is 5.76. The van der Waals surface area contributed by atoms with Crippen LogP contribution < -0.4 is 5.32 Å². The summed E-state index contributed by atoms with van der Waals surface area (Å²) in [6, 6.07) is 9.27. The predicted octanol–water partition coefficient (Wildman–Crippen LogP) is 2.66. The van der Waals surface area contributed by atoms with Gasteiger partial charge in [-0.15, -0.1) is 0 Å². The molecule has 2 heterocycles. The summed E-state index contributed by atoms with van der Waals surface area (Å²) in [6.45, 7) is 1.49. The second-order valence-corrected chi connectivity index (χ2v) is 6.05. The highest BCUT2D eigenvalue weighted by Crippen LogP contribution is 2.33. The van der Waals surface area contributed by atoms with Gasteiger partial charge in [-0.1, -0.05) is 24.3 Å². The largest absolute Gasteiger partial charge is 0.375 e. The summed E-state index contributed by atoms with van der Waals surface area (Å²) in [5.74, 6) is 0. The Morgan fingerprint density at radius 3 is 3.10 bits per heavy atom. The molecular formula is C17H21N3O. The third-order valence-corrected chi connectivity index (χ3v) is 4.75. The molecule has 2 aliphatic rings. The van der Waals surface area contributed by atoms with Gasteiger partial charge in [-0.3, -0.25) is 4.68 Å². The molecule has 21 heavy (non-hydrogen) atoms. The number of aryl methyl sites for hydroxylation is 1.